The van der Waals surface area contributed by atoms with Gasteiger partial charge in [0.1, 0.15) is 12.4 Å². The first-order valence-corrected chi connectivity index (χ1v) is 9.29. The molecule has 1 aromatic carbocycles. The van der Waals surface area contributed by atoms with E-state index in [1.807, 2.05) is 13.0 Å². The number of fused-ring (bicyclic) bond motifs is 3. The summed E-state index contributed by atoms with van der Waals surface area (Å²) in [6, 6.07) is 4.10. The quantitative estimate of drug-likeness (QED) is 0.526. The Labute approximate surface area is 141 Å². The summed E-state index contributed by atoms with van der Waals surface area (Å²) >= 11 is 7.39. The number of thiophene rings is 1. The van der Waals surface area contributed by atoms with Crippen molar-refractivity contribution in [2.24, 2.45) is 0 Å². The van der Waals surface area contributed by atoms with Crippen molar-refractivity contribution in [3.05, 3.63) is 22.5 Å². The second-order valence-electron chi connectivity index (χ2n) is 4.79. The van der Waals surface area contributed by atoms with Crippen LogP contribution in [0.25, 0.3) is 20.3 Å². The maximum Gasteiger partial charge on any atom is 0.220 e. The van der Waals surface area contributed by atoms with Gasteiger partial charge in [0, 0.05) is 17.9 Å². The van der Waals surface area contributed by atoms with Crippen LogP contribution in [0.5, 0.6) is 5.75 Å². The summed E-state index contributed by atoms with van der Waals surface area (Å²) in [6.45, 7) is 2.96. The Hall–Kier alpha value is -1.31. The lowest BCUT2D eigenvalue weighted by atomic mass is 10.2. The van der Waals surface area contributed by atoms with Crippen LogP contribution >= 0.6 is 35.3 Å². The molecule has 0 fully saturated rings. The predicted octanol–water partition coefficient (Wildman–Crippen LogP) is 3.63. The van der Waals surface area contributed by atoms with Gasteiger partial charge in [-0.3, -0.25) is 4.79 Å². The first-order chi connectivity index (χ1) is 10.7. The molecule has 0 aliphatic rings. The molecule has 116 valence electrons. The fourth-order valence-corrected chi connectivity index (χ4v) is 4.28. The van der Waals surface area contributed by atoms with E-state index in [4.69, 9.17) is 4.74 Å². The molecule has 0 bridgehead atoms. The number of hydrogen-bond acceptors (Lipinski definition) is 6. The number of aryl methyl sites for hydroxylation is 1. The number of benzene rings is 1. The first kappa shape index (κ1) is 15.6. The van der Waals surface area contributed by atoms with Crippen molar-refractivity contribution in [3.8, 4) is 5.75 Å². The highest BCUT2D eigenvalue weighted by molar-refractivity contribution is 7.80. The number of hydrogen-bond donors (Lipinski definition) is 2. The van der Waals surface area contributed by atoms with E-state index < -0.39 is 0 Å². The third-order valence-corrected chi connectivity index (χ3v) is 5.25. The van der Waals surface area contributed by atoms with E-state index in [0.717, 1.165) is 31.1 Å². The minimum absolute atomic E-state index is 0.00724. The fraction of sp³-hybridized carbons (Fsp3) is 0.333. The third-order valence-electron chi connectivity index (χ3n) is 3.19. The van der Waals surface area contributed by atoms with E-state index in [9.17, 15) is 4.79 Å². The molecule has 0 unspecified atom stereocenters. The van der Waals surface area contributed by atoms with Crippen LogP contribution in [0.15, 0.2) is 17.5 Å². The molecular weight excluding hydrogens is 336 g/mol. The van der Waals surface area contributed by atoms with Crippen LogP contribution in [0, 0.1) is 6.92 Å². The average molecular weight is 353 g/mol. The normalized spacial score (nSPS) is 11.2. The Morgan fingerprint density at radius 3 is 3.18 bits per heavy atom. The Morgan fingerprint density at radius 2 is 2.36 bits per heavy atom. The molecule has 3 rings (SSSR count). The summed E-state index contributed by atoms with van der Waals surface area (Å²) in [5.41, 5.74) is 1.06. The molecule has 0 atom stereocenters. The van der Waals surface area contributed by atoms with E-state index in [0.29, 0.717) is 25.3 Å². The molecule has 4 nitrogen and oxygen atoms in total. The molecule has 7 heteroatoms. The number of ether oxygens (including phenoxy) is 1. The number of nitrogens with zero attached hydrogens (tertiary/aromatic N) is 1. The number of thiol groups is 1. The molecule has 2 heterocycles. The molecule has 1 amide bonds. The molecule has 3 aromatic rings. The molecule has 22 heavy (non-hydrogen) atoms. The van der Waals surface area contributed by atoms with Crippen molar-refractivity contribution in [1.82, 2.24) is 10.3 Å². The van der Waals surface area contributed by atoms with E-state index in [1.165, 1.54) is 0 Å². The van der Waals surface area contributed by atoms with Crippen molar-refractivity contribution < 1.29 is 9.53 Å². The zero-order valence-electron chi connectivity index (χ0n) is 12.1. The SMILES string of the molecule is Cc1nc2c(cc(OCCNC(=O)CCS)c3ccsc32)s1. The molecule has 1 N–H and O–H groups in total. The van der Waals surface area contributed by atoms with Crippen molar-refractivity contribution in [2.75, 3.05) is 18.9 Å². The standard InChI is InChI=1S/C15H16N2O2S3/c1-9-17-14-12(22-9)8-11(10-3-7-21-15(10)14)19-5-4-16-13(18)2-6-20/h3,7-8,20H,2,4-6H2,1H3,(H,16,18). The van der Waals surface area contributed by atoms with Crippen molar-refractivity contribution in [3.63, 3.8) is 0 Å². The number of carbonyl (C=O) groups excluding carboxylic acids is 1. The lowest BCUT2D eigenvalue weighted by Crippen LogP contribution is -2.28. The highest BCUT2D eigenvalue weighted by Crippen LogP contribution is 2.38. The lowest BCUT2D eigenvalue weighted by molar-refractivity contribution is -0.120. The molecule has 2 aromatic heterocycles. The Balaban J connectivity index is 1.75. The predicted molar refractivity (Wildman–Crippen MR) is 96.7 cm³/mol. The number of nitrogens with one attached hydrogen (secondary N) is 1. The van der Waals surface area contributed by atoms with Crippen molar-refractivity contribution >= 4 is 61.5 Å². The number of thiazole rings is 1. The summed E-state index contributed by atoms with van der Waals surface area (Å²) in [4.78, 5) is 16.0. The van der Waals surface area contributed by atoms with Crippen LogP contribution in [0.1, 0.15) is 11.4 Å². The third kappa shape index (κ3) is 3.21. The lowest BCUT2D eigenvalue weighted by Gasteiger charge is -2.09. The van der Waals surface area contributed by atoms with Gasteiger partial charge in [0.15, 0.2) is 0 Å². The average Bonchev–Trinajstić information content (AvgIpc) is 3.09. The number of carbonyl (C=O) groups is 1. The fourth-order valence-electron chi connectivity index (χ4n) is 2.25. The maximum absolute atomic E-state index is 11.4. The Bertz CT molecular complexity index is 810. The van der Waals surface area contributed by atoms with Gasteiger partial charge in [-0.25, -0.2) is 4.98 Å². The Kier molecular flexibility index (Phi) is 4.85. The van der Waals surface area contributed by atoms with Gasteiger partial charge in [-0.15, -0.1) is 22.7 Å². The van der Waals surface area contributed by atoms with Crippen LogP contribution in [0.4, 0.5) is 0 Å². The van der Waals surface area contributed by atoms with Gasteiger partial charge in [-0.2, -0.15) is 12.6 Å². The summed E-state index contributed by atoms with van der Waals surface area (Å²) < 4.78 is 8.18. The second kappa shape index (κ2) is 6.85. The smallest absolute Gasteiger partial charge is 0.220 e. The van der Waals surface area contributed by atoms with Gasteiger partial charge in [0.05, 0.1) is 26.5 Å². The Morgan fingerprint density at radius 1 is 1.50 bits per heavy atom. The number of amides is 1. The van der Waals surface area contributed by atoms with Gasteiger partial charge in [-0.05, 0) is 24.1 Å². The van der Waals surface area contributed by atoms with E-state index in [-0.39, 0.29) is 5.91 Å². The van der Waals surface area contributed by atoms with Crippen LogP contribution in [0.3, 0.4) is 0 Å². The zero-order chi connectivity index (χ0) is 15.5. The van der Waals surface area contributed by atoms with E-state index >= 15 is 0 Å². The van der Waals surface area contributed by atoms with Gasteiger partial charge < -0.3 is 10.1 Å². The molecule has 0 aliphatic carbocycles. The molecule has 0 aliphatic heterocycles. The number of rotatable bonds is 6. The van der Waals surface area contributed by atoms with Crippen LogP contribution in [-0.2, 0) is 4.79 Å². The van der Waals surface area contributed by atoms with Gasteiger partial charge in [0.25, 0.3) is 0 Å². The first-order valence-electron chi connectivity index (χ1n) is 6.96. The topological polar surface area (TPSA) is 51.2 Å². The molecular formula is C15H16N2O2S3. The highest BCUT2D eigenvalue weighted by Gasteiger charge is 2.12. The van der Waals surface area contributed by atoms with Crippen molar-refractivity contribution in [2.45, 2.75) is 13.3 Å². The van der Waals surface area contributed by atoms with E-state index in [1.54, 1.807) is 22.7 Å². The summed E-state index contributed by atoms with van der Waals surface area (Å²) in [7, 11) is 0. The van der Waals surface area contributed by atoms with Crippen LogP contribution in [-0.4, -0.2) is 29.8 Å². The van der Waals surface area contributed by atoms with Crippen molar-refractivity contribution in [1.29, 1.82) is 0 Å². The van der Waals surface area contributed by atoms with E-state index in [2.05, 4.69) is 34.4 Å². The largest absolute Gasteiger partial charge is 0.491 e. The summed E-state index contributed by atoms with van der Waals surface area (Å²) in [6.07, 6.45) is 0.435. The van der Waals surface area contributed by atoms with Gasteiger partial charge in [0.2, 0.25) is 5.91 Å². The molecule has 0 radical (unpaired) electrons. The maximum atomic E-state index is 11.4. The molecule has 0 saturated carbocycles. The summed E-state index contributed by atoms with van der Waals surface area (Å²) in [5.74, 6) is 1.42. The van der Waals surface area contributed by atoms with Crippen LogP contribution in [0.2, 0.25) is 0 Å². The van der Waals surface area contributed by atoms with Crippen LogP contribution < -0.4 is 10.1 Å². The zero-order valence-corrected chi connectivity index (χ0v) is 14.6. The minimum Gasteiger partial charge on any atom is -0.491 e. The number of aromatic nitrogens is 1. The minimum atomic E-state index is 0.00724. The summed E-state index contributed by atoms with van der Waals surface area (Å²) in [5, 5.41) is 7.02. The second-order valence-corrected chi connectivity index (χ2v) is 7.39. The van der Waals surface area contributed by atoms with Gasteiger partial charge >= 0.3 is 0 Å². The molecule has 0 spiro atoms. The molecule has 0 saturated heterocycles. The highest BCUT2D eigenvalue weighted by atomic mass is 32.1. The van der Waals surface area contributed by atoms with Gasteiger partial charge in [-0.1, -0.05) is 0 Å². The monoisotopic (exact) mass is 352 g/mol.